The number of fused-ring (bicyclic) bond motifs is 1. The number of hydrogen-bond acceptors (Lipinski definition) is 7. The van der Waals surface area contributed by atoms with Gasteiger partial charge in [-0.1, -0.05) is 36.4 Å². The van der Waals surface area contributed by atoms with Crippen LogP contribution >= 0.6 is 0 Å². The van der Waals surface area contributed by atoms with E-state index in [4.69, 9.17) is 25.7 Å². The highest BCUT2D eigenvalue weighted by Crippen LogP contribution is 2.24. The number of carboxylic acids is 4. The van der Waals surface area contributed by atoms with Gasteiger partial charge in [-0.2, -0.15) is 5.26 Å². The first-order valence-electron chi connectivity index (χ1n) is 13.3. The van der Waals surface area contributed by atoms with Crippen molar-refractivity contribution in [1.82, 2.24) is 9.80 Å². The lowest BCUT2D eigenvalue weighted by molar-refractivity contribution is -0.134. The Bertz CT molecular complexity index is 1260. The van der Waals surface area contributed by atoms with Crippen molar-refractivity contribution in [2.45, 2.75) is 32.4 Å². The smallest absolute Gasteiger partial charge is 0.328 e. The predicted octanol–water partition coefficient (Wildman–Crippen LogP) is 3.25. The molecule has 0 atom stereocenters. The molecule has 0 saturated carbocycles. The van der Waals surface area contributed by atoms with Crippen LogP contribution in [0.1, 0.15) is 35.1 Å². The highest BCUT2D eigenvalue weighted by molar-refractivity contribution is 5.90. The monoisotopic (exact) mass is 577 g/mol. The zero-order valence-corrected chi connectivity index (χ0v) is 23.1. The lowest BCUT2D eigenvalue weighted by atomic mass is 9.93. The third-order valence-corrected chi connectivity index (χ3v) is 6.63. The normalized spacial score (nSPS) is 15.4. The topological polar surface area (TPSA) is 179 Å². The number of aliphatic carboxylic acids is 4. The van der Waals surface area contributed by atoms with Crippen LogP contribution in [0.15, 0.2) is 72.8 Å². The van der Waals surface area contributed by atoms with Crippen molar-refractivity contribution < 1.29 is 39.6 Å². The maximum atomic E-state index is 9.55. The molecule has 4 N–H and O–H groups in total. The van der Waals surface area contributed by atoms with E-state index >= 15 is 0 Å². The van der Waals surface area contributed by atoms with E-state index in [1.165, 1.54) is 62.1 Å². The maximum Gasteiger partial charge on any atom is 0.328 e. The summed E-state index contributed by atoms with van der Waals surface area (Å²) >= 11 is 0. The Morgan fingerprint density at radius 3 is 1.83 bits per heavy atom. The second kappa shape index (κ2) is 17.8. The van der Waals surface area contributed by atoms with Crippen LogP contribution in [0.3, 0.4) is 0 Å². The standard InChI is InChI=1S/C23H27N3.2C4H4O4/c24-15-20-4-3-5-21(14-20)17-25-11-8-19(9-12-25)16-26-13-10-22-6-1-2-7-23(22)18-26;2*5-3(6)1-2-4(7)8/h1-7,14,19H,8-13,16-18H2;2*1-2H,(H,5,6)(H,7,8)/b;2*2-1+. The molecule has 0 unspecified atom stereocenters. The molecule has 0 aliphatic carbocycles. The molecule has 4 rings (SSSR count). The van der Waals surface area contributed by atoms with Gasteiger partial charge in [0.1, 0.15) is 0 Å². The zero-order chi connectivity index (χ0) is 30.9. The van der Waals surface area contributed by atoms with Crippen LogP contribution in [-0.4, -0.2) is 80.3 Å². The van der Waals surface area contributed by atoms with Crippen molar-refractivity contribution in [3.63, 3.8) is 0 Å². The molecule has 2 aliphatic heterocycles. The highest BCUT2D eigenvalue weighted by atomic mass is 16.4. The van der Waals surface area contributed by atoms with Crippen molar-refractivity contribution in [1.29, 1.82) is 5.26 Å². The third kappa shape index (κ3) is 13.5. The van der Waals surface area contributed by atoms with Gasteiger partial charge in [0.15, 0.2) is 0 Å². The molecule has 0 bridgehead atoms. The average Bonchev–Trinajstić information content (AvgIpc) is 2.97. The summed E-state index contributed by atoms with van der Waals surface area (Å²) in [5.41, 5.74) is 5.09. The van der Waals surface area contributed by atoms with Gasteiger partial charge >= 0.3 is 23.9 Å². The van der Waals surface area contributed by atoms with Crippen LogP contribution < -0.4 is 0 Å². The van der Waals surface area contributed by atoms with Crippen molar-refractivity contribution in [2.24, 2.45) is 5.92 Å². The first-order chi connectivity index (χ1) is 20.0. The van der Waals surface area contributed by atoms with Crippen LogP contribution in [0.4, 0.5) is 0 Å². The number of hydrogen-bond donors (Lipinski definition) is 4. The number of rotatable bonds is 8. The molecule has 2 aromatic rings. The van der Waals surface area contributed by atoms with Crippen molar-refractivity contribution >= 4 is 23.9 Å². The largest absolute Gasteiger partial charge is 0.478 e. The fraction of sp³-hybridized carbons (Fsp3) is 0.323. The maximum absolute atomic E-state index is 9.55. The van der Waals surface area contributed by atoms with Gasteiger partial charge in [-0.05, 0) is 67.1 Å². The van der Waals surface area contributed by atoms with Gasteiger partial charge in [0, 0.05) is 50.5 Å². The molecule has 11 heteroatoms. The molecule has 0 aromatic heterocycles. The van der Waals surface area contributed by atoms with Gasteiger partial charge in [0.2, 0.25) is 0 Å². The van der Waals surface area contributed by atoms with E-state index in [0.29, 0.717) is 24.3 Å². The molecule has 42 heavy (non-hydrogen) atoms. The Morgan fingerprint density at radius 2 is 1.31 bits per heavy atom. The number of benzene rings is 2. The van der Waals surface area contributed by atoms with E-state index < -0.39 is 23.9 Å². The lowest BCUT2D eigenvalue weighted by Gasteiger charge is -2.36. The van der Waals surface area contributed by atoms with Crippen molar-refractivity contribution in [3.05, 3.63) is 95.1 Å². The summed E-state index contributed by atoms with van der Waals surface area (Å²) in [5.74, 6) is -4.21. The summed E-state index contributed by atoms with van der Waals surface area (Å²) in [6, 6.07) is 19.2. The Kier molecular flexibility index (Phi) is 14.2. The quantitative estimate of drug-likeness (QED) is 0.338. The van der Waals surface area contributed by atoms with Gasteiger partial charge in [0.05, 0.1) is 11.6 Å². The van der Waals surface area contributed by atoms with E-state index in [1.54, 1.807) is 0 Å². The minimum atomic E-state index is -1.26. The molecule has 2 heterocycles. The molecule has 0 spiro atoms. The van der Waals surface area contributed by atoms with Gasteiger partial charge in [-0.15, -0.1) is 0 Å². The molecule has 1 saturated heterocycles. The van der Waals surface area contributed by atoms with E-state index in [2.05, 4.69) is 46.2 Å². The molecule has 0 radical (unpaired) electrons. The average molecular weight is 578 g/mol. The fourth-order valence-corrected chi connectivity index (χ4v) is 4.68. The van der Waals surface area contributed by atoms with Crippen molar-refractivity contribution in [2.75, 3.05) is 26.2 Å². The summed E-state index contributed by atoms with van der Waals surface area (Å²) in [6.45, 7) is 6.89. The van der Waals surface area contributed by atoms with E-state index in [-0.39, 0.29) is 0 Å². The molecule has 2 aliphatic rings. The zero-order valence-electron chi connectivity index (χ0n) is 23.1. The molecule has 2 aromatic carbocycles. The molecular formula is C31H35N3O8. The van der Waals surface area contributed by atoms with E-state index in [0.717, 1.165) is 24.6 Å². The van der Waals surface area contributed by atoms with Crippen molar-refractivity contribution in [3.8, 4) is 6.07 Å². The third-order valence-electron chi connectivity index (χ3n) is 6.63. The Hall–Kier alpha value is -4.79. The number of carboxylic acid groups (broad SMARTS) is 4. The van der Waals surface area contributed by atoms with Crippen LogP contribution in [0.25, 0.3) is 0 Å². The molecule has 1 fully saturated rings. The van der Waals surface area contributed by atoms with Gasteiger partial charge in [-0.3, -0.25) is 9.80 Å². The van der Waals surface area contributed by atoms with E-state index in [1.807, 2.05) is 18.2 Å². The summed E-state index contributed by atoms with van der Waals surface area (Å²) in [7, 11) is 0. The van der Waals surface area contributed by atoms with Crippen LogP contribution in [0.5, 0.6) is 0 Å². The second-order valence-corrected chi connectivity index (χ2v) is 9.81. The molecule has 0 amide bonds. The first kappa shape index (κ1) is 33.4. The number of nitrogens with zero attached hydrogens (tertiary/aromatic N) is 3. The van der Waals surface area contributed by atoms with Gasteiger partial charge in [-0.25, -0.2) is 19.2 Å². The van der Waals surface area contributed by atoms with E-state index in [9.17, 15) is 19.2 Å². The number of nitriles is 1. The minimum Gasteiger partial charge on any atom is -0.478 e. The number of carbonyl (C=O) groups is 4. The fourth-order valence-electron chi connectivity index (χ4n) is 4.68. The van der Waals surface area contributed by atoms with Crippen LogP contribution in [-0.2, 0) is 38.7 Å². The SMILES string of the molecule is N#Cc1cccc(CN2CCC(CN3CCc4ccccc4C3)CC2)c1.O=C(O)/C=C/C(=O)O.O=C(O)/C=C/C(=O)O. The van der Waals surface area contributed by atoms with Crippen LogP contribution in [0, 0.1) is 17.2 Å². The summed E-state index contributed by atoms with van der Waals surface area (Å²) < 4.78 is 0. The Balaban J connectivity index is 0.000000319. The predicted molar refractivity (Wildman–Crippen MR) is 153 cm³/mol. The summed E-state index contributed by atoms with van der Waals surface area (Å²) in [4.78, 5) is 43.4. The number of piperidine rings is 1. The second-order valence-electron chi connectivity index (χ2n) is 9.81. The molecule has 222 valence electrons. The van der Waals surface area contributed by atoms with Crippen LogP contribution in [0.2, 0.25) is 0 Å². The highest BCUT2D eigenvalue weighted by Gasteiger charge is 2.23. The summed E-state index contributed by atoms with van der Waals surface area (Å²) in [6.07, 6.45) is 6.01. The minimum absolute atomic E-state index is 0.558. The summed E-state index contributed by atoms with van der Waals surface area (Å²) in [5, 5.41) is 40.3. The first-order valence-corrected chi connectivity index (χ1v) is 13.3. The number of likely N-dealkylation sites (tertiary alicyclic amines) is 1. The van der Waals surface area contributed by atoms with Gasteiger partial charge in [0.25, 0.3) is 0 Å². The molecule has 11 nitrogen and oxygen atoms in total. The molecular weight excluding hydrogens is 542 g/mol. The Labute approximate surface area is 244 Å². The lowest BCUT2D eigenvalue weighted by Crippen LogP contribution is -2.40. The van der Waals surface area contributed by atoms with Gasteiger partial charge < -0.3 is 20.4 Å². The Morgan fingerprint density at radius 1 is 0.762 bits per heavy atom.